The SMILES string of the molecule is C[C@@H](NC(=O)Cc1cccs1)c1ccc(Br)cc1. The lowest BCUT2D eigenvalue weighted by Gasteiger charge is -2.14. The van der Waals surface area contributed by atoms with Gasteiger partial charge in [0.05, 0.1) is 12.5 Å². The molecule has 0 radical (unpaired) electrons. The highest BCUT2D eigenvalue weighted by Gasteiger charge is 2.10. The van der Waals surface area contributed by atoms with E-state index in [0.29, 0.717) is 6.42 Å². The van der Waals surface area contributed by atoms with Gasteiger partial charge in [-0.3, -0.25) is 4.79 Å². The van der Waals surface area contributed by atoms with E-state index in [-0.39, 0.29) is 11.9 Å². The summed E-state index contributed by atoms with van der Waals surface area (Å²) in [5.41, 5.74) is 1.11. The van der Waals surface area contributed by atoms with Gasteiger partial charge in [-0.1, -0.05) is 34.1 Å². The number of carbonyl (C=O) groups excluding carboxylic acids is 1. The Balaban J connectivity index is 1.92. The van der Waals surface area contributed by atoms with Crippen LogP contribution in [0.25, 0.3) is 0 Å². The number of hydrogen-bond acceptors (Lipinski definition) is 2. The van der Waals surface area contributed by atoms with E-state index in [2.05, 4.69) is 21.2 Å². The lowest BCUT2D eigenvalue weighted by Crippen LogP contribution is -2.27. The fourth-order valence-corrected chi connectivity index (χ4v) is 2.67. The summed E-state index contributed by atoms with van der Waals surface area (Å²) < 4.78 is 1.04. The number of amides is 1. The van der Waals surface area contributed by atoms with Gasteiger partial charge in [-0.05, 0) is 36.1 Å². The van der Waals surface area contributed by atoms with Crippen LogP contribution in [0.1, 0.15) is 23.4 Å². The summed E-state index contributed by atoms with van der Waals surface area (Å²) in [7, 11) is 0. The number of rotatable bonds is 4. The molecule has 1 aromatic carbocycles. The van der Waals surface area contributed by atoms with E-state index >= 15 is 0 Å². The van der Waals surface area contributed by atoms with Crippen LogP contribution in [0.5, 0.6) is 0 Å². The van der Waals surface area contributed by atoms with E-state index in [1.165, 1.54) is 0 Å². The molecule has 2 nitrogen and oxygen atoms in total. The summed E-state index contributed by atoms with van der Waals surface area (Å²) in [4.78, 5) is 12.9. The van der Waals surface area contributed by atoms with Gasteiger partial charge in [-0.2, -0.15) is 0 Å². The summed E-state index contributed by atoms with van der Waals surface area (Å²) in [6.45, 7) is 2.00. The molecule has 1 amide bonds. The van der Waals surface area contributed by atoms with Gasteiger partial charge in [0, 0.05) is 9.35 Å². The van der Waals surface area contributed by atoms with E-state index in [0.717, 1.165) is 14.9 Å². The van der Waals surface area contributed by atoms with Crippen molar-refractivity contribution in [3.05, 3.63) is 56.7 Å². The highest BCUT2D eigenvalue weighted by Crippen LogP contribution is 2.17. The summed E-state index contributed by atoms with van der Waals surface area (Å²) in [5, 5.41) is 4.99. The van der Waals surface area contributed by atoms with Crippen LogP contribution in [-0.4, -0.2) is 5.91 Å². The average molecular weight is 324 g/mol. The minimum Gasteiger partial charge on any atom is -0.349 e. The predicted octanol–water partition coefficient (Wildman–Crippen LogP) is 3.93. The second kappa shape index (κ2) is 6.16. The summed E-state index contributed by atoms with van der Waals surface area (Å²) in [6, 6.07) is 12.0. The van der Waals surface area contributed by atoms with Crippen LogP contribution >= 0.6 is 27.3 Å². The molecule has 0 spiro atoms. The average Bonchev–Trinajstić information content (AvgIpc) is 2.82. The van der Waals surface area contributed by atoms with Crippen LogP contribution in [0.3, 0.4) is 0 Å². The Bertz CT molecular complexity index is 507. The van der Waals surface area contributed by atoms with Gasteiger partial charge in [0.2, 0.25) is 5.91 Å². The van der Waals surface area contributed by atoms with E-state index < -0.39 is 0 Å². The van der Waals surface area contributed by atoms with Crippen molar-refractivity contribution in [2.75, 3.05) is 0 Å². The Morgan fingerprint density at radius 2 is 2.06 bits per heavy atom. The number of carbonyl (C=O) groups is 1. The topological polar surface area (TPSA) is 29.1 Å². The first-order valence-corrected chi connectivity index (χ1v) is 7.39. The molecule has 0 unspecified atom stereocenters. The van der Waals surface area contributed by atoms with Crippen LogP contribution in [0.15, 0.2) is 46.3 Å². The predicted molar refractivity (Wildman–Crippen MR) is 78.7 cm³/mol. The van der Waals surface area contributed by atoms with E-state index in [4.69, 9.17) is 0 Å². The van der Waals surface area contributed by atoms with Gasteiger partial charge in [0.15, 0.2) is 0 Å². The van der Waals surface area contributed by atoms with Crippen LogP contribution in [0.2, 0.25) is 0 Å². The molecule has 0 fully saturated rings. The fraction of sp³-hybridized carbons (Fsp3) is 0.214. The zero-order valence-corrected chi connectivity index (χ0v) is 12.4. The molecule has 2 aromatic rings. The molecule has 0 aliphatic heterocycles. The normalized spacial score (nSPS) is 12.1. The molecule has 1 N–H and O–H groups in total. The molecule has 1 heterocycles. The van der Waals surface area contributed by atoms with Gasteiger partial charge < -0.3 is 5.32 Å². The molecule has 0 saturated heterocycles. The highest BCUT2D eigenvalue weighted by atomic mass is 79.9. The second-order valence-corrected chi connectivity index (χ2v) is 6.04. The van der Waals surface area contributed by atoms with Gasteiger partial charge in [-0.25, -0.2) is 0 Å². The van der Waals surface area contributed by atoms with Crippen LogP contribution in [0.4, 0.5) is 0 Å². The Morgan fingerprint density at radius 1 is 1.33 bits per heavy atom. The number of nitrogens with one attached hydrogen (secondary N) is 1. The third-order valence-corrected chi connectivity index (χ3v) is 4.07. The van der Waals surface area contributed by atoms with Crippen LogP contribution in [-0.2, 0) is 11.2 Å². The second-order valence-electron chi connectivity index (χ2n) is 4.10. The van der Waals surface area contributed by atoms with Crippen molar-refractivity contribution in [3.8, 4) is 0 Å². The number of halogens is 1. The van der Waals surface area contributed by atoms with E-state index in [1.807, 2.05) is 48.7 Å². The molecule has 0 bridgehead atoms. The molecular weight excluding hydrogens is 310 g/mol. The maximum Gasteiger partial charge on any atom is 0.225 e. The minimum absolute atomic E-state index is 0.0329. The van der Waals surface area contributed by atoms with Gasteiger partial charge in [0.1, 0.15) is 0 Å². The standard InChI is InChI=1S/C14H14BrNOS/c1-10(11-4-6-12(15)7-5-11)16-14(17)9-13-3-2-8-18-13/h2-8,10H,9H2,1H3,(H,16,17)/t10-/m1/s1. The van der Waals surface area contributed by atoms with Gasteiger partial charge >= 0.3 is 0 Å². The van der Waals surface area contributed by atoms with Crippen molar-refractivity contribution in [1.29, 1.82) is 0 Å². The molecule has 4 heteroatoms. The van der Waals surface area contributed by atoms with Crippen LogP contribution < -0.4 is 5.32 Å². The van der Waals surface area contributed by atoms with E-state index in [9.17, 15) is 4.79 Å². The molecule has 2 rings (SSSR count). The Morgan fingerprint density at radius 3 is 2.67 bits per heavy atom. The Hall–Kier alpha value is -1.13. The Labute approximate surface area is 119 Å². The Kier molecular flexibility index (Phi) is 4.55. The third-order valence-electron chi connectivity index (χ3n) is 2.66. The van der Waals surface area contributed by atoms with E-state index in [1.54, 1.807) is 11.3 Å². The maximum atomic E-state index is 11.8. The number of thiophene rings is 1. The number of benzene rings is 1. The maximum absolute atomic E-state index is 11.8. The minimum atomic E-state index is 0.0329. The lowest BCUT2D eigenvalue weighted by atomic mass is 10.1. The zero-order chi connectivity index (χ0) is 13.0. The molecule has 1 atom stereocenters. The molecule has 0 aliphatic carbocycles. The fourth-order valence-electron chi connectivity index (χ4n) is 1.70. The quantitative estimate of drug-likeness (QED) is 0.907. The van der Waals surface area contributed by atoms with Gasteiger partial charge in [0.25, 0.3) is 0 Å². The van der Waals surface area contributed by atoms with Crippen molar-refractivity contribution in [1.82, 2.24) is 5.32 Å². The van der Waals surface area contributed by atoms with Crippen molar-refractivity contribution in [2.45, 2.75) is 19.4 Å². The van der Waals surface area contributed by atoms with Crippen molar-refractivity contribution >= 4 is 33.2 Å². The van der Waals surface area contributed by atoms with Gasteiger partial charge in [-0.15, -0.1) is 11.3 Å². The monoisotopic (exact) mass is 323 g/mol. The van der Waals surface area contributed by atoms with Crippen molar-refractivity contribution in [3.63, 3.8) is 0 Å². The van der Waals surface area contributed by atoms with Crippen molar-refractivity contribution in [2.24, 2.45) is 0 Å². The largest absolute Gasteiger partial charge is 0.349 e. The molecule has 0 saturated carbocycles. The lowest BCUT2D eigenvalue weighted by molar-refractivity contribution is -0.121. The van der Waals surface area contributed by atoms with Crippen molar-refractivity contribution < 1.29 is 4.79 Å². The summed E-state index contributed by atoms with van der Waals surface area (Å²) in [5.74, 6) is 0.0628. The molecule has 1 aromatic heterocycles. The third kappa shape index (κ3) is 3.68. The highest BCUT2D eigenvalue weighted by molar-refractivity contribution is 9.10. The molecule has 0 aliphatic rings. The molecular formula is C14H14BrNOS. The number of hydrogen-bond donors (Lipinski definition) is 1. The van der Waals surface area contributed by atoms with Crippen LogP contribution in [0, 0.1) is 0 Å². The first-order chi connectivity index (χ1) is 8.65. The summed E-state index contributed by atoms with van der Waals surface area (Å²) >= 11 is 5.01. The first kappa shape index (κ1) is 13.3. The molecule has 94 valence electrons. The zero-order valence-electron chi connectivity index (χ0n) is 10.0. The first-order valence-electron chi connectivity index (χ1n) is 5.72. The smallest absolute Gasteiger partial charge is 0.225 e. The molecule has 18 heavy (non-hydrogen) atoms. The summed E-state index contributed by atoms with van der Waals surface area (Å²) in [6.07, 6.45) is 0.457.